The Morgan fingerprint density at radius 3 is 2.43 bits per heavy atom. The minimum absolute atomic E-state index is 0.502. The summed E-state index contributed by atoms with van der Waals surface area (Å²) in [5.74, 6) is -0.812. The van der Waals surface area contributed by atoms with Crippen LogP contribution in [0.1, 0.15) is 11.1 Å². The summed E-state index contributed by atoms with van der Waals surface area (Å²) in [6, 6.07) is 7.40. The molecule has 14 heavy (non-hydrogen) atoms. The van der Waals surface area contributed by atoms with Gasteiger partial charge in [-0.1, -0.05) is 29.8 Å². The van der Waals surface area contributed by atoms with Gasteiger partial charge in [0, 0.05) is 0 Å². The summed E-state index contributed by atoms with van der Waals surface area (Å²) in [7, 11) is 1.66. The van der Waals surface area contributed by atoms with E-state index in [1.54, 1.807) is 7.05 Å². The predicted octanol–water partition coefficient (Wildman–Crippen LogP) is 1.21. The molecule has 1 rings (SSSR count). The van der Waals surface area contributed by atoms with Crippen LogP contribution in [0, 0.1) is 6.92 Å². The number of aliphatic carboxylic acids is 1. The molecule has 0 spiro atoms. The molecule has 0 radical (unpaired) electrons. The van der Waals surface area contributed by atoms with Crippen molar-refractivity contribution in [2.75, 3.05) is 7.05 Å². The molecular weight excluding hydrogens is 178 g/mol. The molecule has 0 bridgehead atoms. The van der Waals surface area contributed by atoms with Gasteiger partial charge in [0.05, 0.1) is 0 Å². The predicted molar refractivity (Wildman–Crippen MR) is 55.4 cm³/mol. The van der Waals surface area contributed by atoms with Gasteiger partial charge in [0.1, 0.15) is 6.04 Å². The van der Waals surface area contributed by atoms with Crippen LogP contribution >= 0.6 is 0 Å². The highest BCUT2D eigenvalue weighted by molar-refractivity contribution is 5.73. The summed E-state index contributed by atoms with van der Waals surface area (Å²) in [4.78, 5) is 10.7. The quantitative estimate of drug-likeness (QED) is 0.755. The maximum atomic E-state index is 10.7. The van der Waals surface area contributed by atoms with Gasteiger partial charge in [-0.3, -0.25) is 4.79 Å². The molecule has 2 N–H and O–H groups in total. The summed E-state index contributed by atoms with van der Waals surface area (Å²) in [5, 5.41) is 11.6. The van der Waals surface area contributed by atoms with E-state index in [9.17, 15) is 4.79 Å². The summed E-state index contributed by atoms with van der Waals surface area (Å²) in [6.07, 6.45) is 0.520. The summed E-state index contributed by atoms with van der Waals surface area (Å²) in [5.41, 5.74) is 2.22. The minimum atomic E-state index is -0.812. The van der Waals surface area contributed by atoms with Crippen molar-refractivity contribution in [3.8, 4) is 0 Å². The largest absolute Gasteiger partial charge is 0.480 e. The summed E-state index contributed by atoms with van der Waals surface area (Å²) >= 11 is 0. The average molecular weight is 193 g/mol. The molecule has 0 aliphatic rings. The Morgan fingerprint density at radius 1 is 1.43 bits per heavy atom. The zero-order valence-electron chi connectivity index (χ0n) is 8.45. The number of hydrogen-bond acceptors (Lipinski definition) is 2. The van der Waals surface area contributed by atoms with E-state index >= 15 is 0 Å². The molecule has 3 heteroatoms. The number of rotatable bonds is 4. The zero-order valence-corrected chi connectivity index (χ0v) is 8.45. The molecule has 0 fully saturated rings. The Kier molecular flexibility index (Phi) is 3.65. The van der Waals surface area contributed by atoms with Crippen LogP contribution in [0.2, 0.25) is 0 Å². The first-order valence-corrected chi connectivity index (χ1v) is 4.59. The maximum absolute atomic E-state index is 10.7. The Labute approximate surface area is 83.8 Å². The highest BCUT2D eigenvalue weighted by Gasteiger charge is 2.14. The molecule has 0 amide bonds. The second-order valence-electron chi connectivity index (χ2n) is 3.37. The van der Waals surface area contributed by atoms with Gasteiger partial charge >= 0.3 is 5.97 Å². The molecule has 0 saturated carbocycles. The Balaban J connectivity index is 2.67. The van der Waals surface area contributed by atoms with Gasteiger partial charge in [0.15, 0.2) is 0 Å². The first kappa shape index (κ1) is 10.7. The SMILES string of the molecule is CN[C@H](Cc1ccc(C)cc1)C(=O)O. The second-order valence-corrected chi connectivity index (χ2v) is 3.37. The van der Waals surface area contributed by atoms with E-state index in [2.05, 4.69) is 5.32 Å². The maximum Gasteiger partial charge on any atom is 0.321 e. The van der Waals surface area contributed by atoms with Crippen molar-refractivity contribution in [3.63, 3.8) is 0 Å². The van der Waals surface area contributed by atoms with E-state index in [1.807, 2.05) is 31.2 Å². The number of carboxylic acids is 1. The fourth-order valence-electron chi connectivity index (χ4n) is 1.27. The number of nitrogens with one attached hydrogen (secondary N) is 1. The number of hydrogen-bond donors (Lipinski definition) is 2. The van der Waals surface area contributed by atoms with Crippen LogP contribution < -0.4 is 5.32 Å². The Hall–Kier alpha value is -1.35. The second kappa shape index (κ2) is 4.77. The van der Waals surface area contributed by atoms with Crippen molar-refractivity contribution in [2.45, 2.75) is 19.4 Å². The molecule has 0 heterocycles. The number of aryl methyl sites for hydroxylation is 1. The highest BCUT2D eigenvalue weighted by Crippen LogP contribution is 2.06. The molecule has 3 nitrogen and oxygen atoms in total. The van der Waals surface area contributed by atoms with Gasteiger partial charge in [0.2, 0.25) is 0 Å². The first-order valence-electron chi connectivity index (χ1n) is 4.59. The standard InChI is InChI=1S/C11H15NO2/c1-8-3-5-9(6-4-8)7-10(12-2)11(13)14/h3-6,10,12H,7H2,1-2H3,(H,13,14)/t10-/m1/s1. The zero-order chi connectivity index (χ0) is 10.6. The molecule has 0 saturated heterocycles. The molecule has 76 valence electrons. The van der Waals surface area contributed by atoms with E-state index in [0.29, 0.717) is 6.42 Å². The fraction of sp³-hybridized carbons (Fsp3) is 0.364. The molecule has 0 aromatic heterocycles. The lowest BCUT2D eigenvalue weighted by molar-refractivity contribution is -0.139. The third kappa shape index (κ3) is 2.85. The average Bonchev–Trinajstić information content (AvgIpc) is 2.16. The van der Waals surface area contributed by atoms with Gasteiger partial charge < -0.3 is 10.4 Å². The summed E-state index contributed by atoms with van der Waals surface area (Å²) in [6.45, 7) is 2.01. The van der Waals surface area contributed by atoms with Crippen LogP contribution in [0.25, 0.3) is 0 Å². The lowest BCUT2D eigenvalue weighted by atomic mass is 10.0. The van der Waals surface area contributed by atoms with Crippen molar-refractivity contribution >= 4 is 5.97 Å². The topological polar surface area (TPSA) is 49.3 Å². The monoisotopic (exact) mass is 193 g/mol. The molecule has 1 atom stereocenters. The van der Waals surface area contributed by atoms with Crippen LogP contribution in [0.5, 0.6) is 0 Å². The van der Waals surface area contributed by atoms with Crippen molar-refractivity contribution in [1.29, 1.82) is 0 Å². The third-order valence-electron chi connectivity index (χ3n) is 2.21. The van der Waals surface area contributed by atoms with Crippen LogP contribution in [0.15, 0.2) is 24.3 Å². The van der Waals surface area contributed by atoms with E-state index in [0.717, 1.165) is 5.56 Å². The van der Waals surface area contributed by atoms with Crippen LogP contribution in [-0.4, -0.2) is 24.2 Å². The molecule has 0 aliphatic carbocycles. The van der Waals surface area contributed by atoms with Gasteiger partial charge in [0.25, 0.3) is 0 Å². The van der Waals surface area contributed by atoms with E-state index < -0.39 is 12.0 Å². The fourth-order valence-corrected chi connectivity index (χ4v) is 1.27. The van der Waals surface area contributed by atoms with Crippen molar-refractivity contribution in [1.82, 2.24) is 5.32 Å². The third-order valence-corrected chi connectivity index (χ3v) is 2.21. The normalized spacial score (nSPS) is 12.4. The van der Waals surface area contributed by atoms with E-state index in [1.165, 1.54) is 5.56 Å². The molecular formula is C11H15NO2. The number of carbonyl (C=O) groups is 1. The van der Waals surface area contributed by atoms with Gasteiger partial charge in [-0.2, -0.15) is 0 Å². The van der Waals surface area contributed by atoms with Crippen molar-refractivity contribution < 1.29 is 9.90 Å². The first-order chi connectivity index (χ1) is 6.63. The molecule has 0 unspecified atom stereocenters. The number of benzene rings is 1. The lowest BCUT2D eigenvalue weighted by Gasteiger charge is -2.10. The van der Waals surface area contributed by atoms with E-state index in [-0.39, 0.29) is 0 Å². The van der Waals surface area contributed by atoms with E-state index in [4.69, 9.17) is 5.11 Å². The Morgan fingerprint density at radius 2 is 2.00 bits per heavy atom. The number of likely N-dealkylation sites (N-methyl/N-ethyl adjacent to an activating group) is 1. The van der Waals surface area contributed by atoms with Gasteiger partial charge in [-0.15, -0.1) is 0 Å². The van der Waals surface area contributed by atoms with Crippen molar-refractivity contribution in [2.24, 2.45) is 0 Å². The molecule has 1 aromatic rings. The van der Waals surface area contributed by atoms with Crippen LogP contribution in [0.4, 0.5) is 0 Å². The van der Waals surface area contributed by atoms with Crippen LogP contribution in [-0.2, 0) is 11.2 Å². The van der Waals surface area contributed by atoms with Crippen LogP contribution in [0.3, 0.4) is 0 Å². The lowest BCUT2D eigenvalue weighted by Crippen LogP contribution is -2.35. The Bertz CT molecular complexity index is 306. The van der Waals surface area contributed by atoms with Gasteiger partial charge in [-0.05, 0) is 26.0 Å². The molecule has 0 aliphatic heterocycles. The highest BCUT2D eigenvalue weighted by atomic mass is 16.4. The minimum Gasteiger partial charge on any atom is -0.480 e. The van der Waals surface area contributed by atoms with Crippen molar-refractivity contribution in [3.05, 3.63) is 35.4 Å². The summed E-state index contributed by atoms with van der Waals surface area (Å²) < 4.78 is 0. The number of carboxylic acid groups (broad SMARTS) is 1. The smallest absolute Gasteiger partial charge is 0.321 e. The molecule has 1 aromatic carbocycles. The van der Waals surface area contributed by atoms with Gasteiger partial charge in [-0.25, -0.2) is 0 Å².